The standard InChI is InChI=1S/C16H21FN4O3S/c1-24-15-8-12-14(9-13(15)17)18-10-19-16(12)21-6-3-11(4-7-21)2-5-20-25(22)23/h8-11,25H,2-7H2,1H3,(H,20,22,23). The maximum atomic E-state index is 13.9. The van der Waals surface area contributed by atoms with Crippen molar-refractivity contribution >= 4 is 27.6 Å². The summed E-state index contributed by atoms with van der Waals surface area (Å²) in [4.78, 5) is 10.7. The first-order valence-electron chi connectivity index (χ1n) is 8.19. The Hall–Kier alpha value is -2.00. The molecule has 1 saturated heterocycles. The van der Waals surface area contributed by atoms with Gasteiger partial charge in [-0.1, -0.05) is 0 Å². The van der Waals surface area contributed by atoms with Gasteiger partial charge in [0.15, 0.2) is 11.6 Å². The third-order valence-electron chi connectivity index (χ3n) is 4.60. The third kappa shape index (κ3) is 4.16. The molecule has 1 aromatic carbocycles. The van der Waals surface area contributed by atoms with Crippen molar-refractivity contribution in [2.45, 2.75) is 19.3 Å². The molecule has 1 aliphatic rings. The molecule has 7 nitrogen and oxygen atoms in total. The Morgan fingerprint density at radius 1 is 1.32 bits per heavy atom. The molecule has 0 amide bonds. The fourth-order valence-corrected chi connectivity index (χ4v) is 3.56. The average molecular weight is 368 g/mol. The van der Waals surface area contributed by atoms with Crippen molar-refractivity contribution in [3.63, 3.8) is 0 Å². The molecule has 1 fully saturated rings. The fraction of sp³-hybridized carbons (Fsp3) is 0.500. The summed E-state index contributed by atoms with van der Waals surface area (Å²) in [5.74, 6) is 1.00. The van der Waals surface area contributed by atoms with E-state index in [1.807, 2.05) is 0 Å². The van der Waals surface area contributed by atoms with Crippen LogP contribution in [0.1, 0.15) is 19.3 Å². The van der Waals surface area contributed by atoms with Crippen LogP contribution >= 0.6 is 0 Å². The number of fused-ring (bicyclic) bond motifs is 1. The second-order valence-electron chi connectivity index (χ2n) is 6.09. The predicted molar refractivity (Wildman–Crippen MR) is 93.9 cm³/mol. The van der Waals surface area contributed by atoms with E-state index in [1.54, 1.807) is 6.07 Å². The summed E-state index contributed by atoms with van der Waals surface area (Å²) in [7, 11) is -1.09. The van der Waals surface area contributed by atoms with Crippen LogP contribution in [0.2, 0.25) is 0 Å². The molecular formula is C16H21FN4O3S. The topological polar surface area (TPSA) is 84.4 Å². The van der Waals surface area contributed by atoms with Gasteiger partial charge in [-0.15, -0.1) is 0 Å². The highest BCUT2D eigenvalue weighted by Gasteiger charge is 2.22. The lowest BCUT2D eigenvalue weighted by molar-refractivity contribution is 0.381. The number of piperidine rings is 1. The number of thiol groups is 1. The Bertz CT molecular complexity index is 814. The molecule has 9 heteroatoms. The van der Waals surface area contributed by atoms with Gasteiger partial charge in [0, 0.05) is 31.1 Å². The molecule has 0 spiro atoms. The second kappa shape index (κ2) is 7.92. The Labute approximate surface area is 147 Å². The minimum atomic E-state index is -2.52. The first-order chi connectivity index (χ1) is 12.1. The molecule has 2 aromatic rings. The van der Waals surface area contributed by atoms with Crippen molar-refractivity contribution in [3.8, 4) is 5.75 Å². The second-order valence-corrected chi connectivity index (χ2v) is 6.92. The highest BCUT2D eigenvalue weighted by Crippen LogP contribution is 2.31. The Morgan fingerprint density at radius 3 is 2.76 bits per heavy atom. The van der Waals surface area contributed by atoms with E-state index in [4.69, 9.17) is 4.74 Å². The van der Waals surface area contributed by atoms with E-state index < -0.39 is 16.7 Å². The first kappa shape index (κ1) is 17.8. The largest absolute Gasteiger partial charge is 0.494 e. The average Bonchev–Trinajstić information content (AvgIpc) is 2.61. The van der Waals surface area contributed by atoms with Gasteiger partial charge in [0.1, 0.15) is 12.1 Å². The van der Waals surface area contributed by atoms with Crippen LogP contribution < -0.4 is 14.4 Å². The summed E-state index contributed by atoms with van der Waals surface area (Å²) in [5.41, 5.74) is 0.550. The predicted octanol–water partition coefficient (Wildman–Crippen LogP) is 1.50. The number of ether oxygens (including phenoxy) is 1. The van der Waals surface area contributed by atoms with Crippen molar-refractivity contribution in [3.05, 3.63) is 24.3 Å². The summed E-state index contributed by atoms with van der Waals surface area (Å²) < 4.78 is 42.5. The van der Waals surface area contributed by atoms with Crippen molar-refractivity contribution < 1.29 is 17.5 Å². The van der Waals surface area contributed by atoms with Crippen LogP contribution in [0, 0.1) is 11.7 Å². The van der Waals surface area contributed by atoms with Gasteiger partial charge < -0.3 is 9.64 Å². The SMILES string of the molecule is COc1cc2c(N3CCC(CCN[SH](=O)=O)CC3)ncnc2cc1F. The van der Waals surface area contributed by atoms with E-state index in [0.717, 1.165) is 43.6 Å². The van der Waals surface area contributed by atoms with E-state index in [9.17, 15) is 12.8 Å². The van der Waals surface area contributed by atoms with Crippen LogP contribution in [0.15, 0.2) is 18.5 Å². The summed E-state index contributed by atoms with van der Waals surface area (Å²) in [6.45, 7) is 2.12. The maximum absolute atomic E-state index is 13.9. The number of halogens is 1. The van der Waals surface area contributed by atoms with Gasteiger partial charge in [-0.3, -0.25) is 0 Å². The first-order valence-corrected chi connectivity index (χ1v) is 9.37. The minimum absolute atomic E-state index is 0.177. The van der Waals surface area contributed by atoms with Gasteiger partial charge in [0.25, 0.3) is 0 Å². The smallest absolute Gasteiger partial charge is 0.201 e. The van der Waals surface area contributed by atoms with Gasteiger partial charge in [0.05, 0.1) is 12.6 Å². The van der Waals surface area contributed by atoms with Gasteiger partial charge in [-0.05, 0) is 31.2 Å². The minimum Gasteiger partial charge on any atom is -0.494 e. The molecule has 25 heavy (non-hydrogen) atoms. The summed E-state index contributed by atoms with van der Waals surface area (Å²) >= 11 is 0. The van der Waals surface area contributed by atoms with Crippen molar-refractivity contribution in [1.29, 1.82) is 0 Å². The summed E-state index contributed by atoms with van der Waals surface area (Å²) in [5, 5.41) is 0.768. The number of hydrogen-bond donors (Lipinski definition) is 2. The van der Waals surface area contributed by atoms with Crippen molar-refractivity contribution in [2.75, 3.05) is 31.6 Å². The van der Waals surface area contributed by atoms with Gasteiger partial charge in [0.2, 0.25) is 10.9 Å². The Morgan fingerprint density at radius 2 is 2.08 bits per heavy atom. The third-order valence-corrected chi connectivity index (χ3v) is 5.08. The molecular weight excluding hydrogens is 347 g/mol. The van der Waals surface area contributed by atoms with Crippen LogP contribution in [0.25, 0.3) is 10.9 Å². The van der Waals surface area contributed by atoms with E-state index in [-0.39, 0.29) is 5.75 Å². The van der Waals surface area contributed by atoms with E-state index in [2.05, 4.69) is 19.6 Å². The van der Waals surface area contributed by atoms with Gasteiger partial charge in [-0.2, -0.15) is 0 Å². The van der Waals surface area contributed by atoms with E-state index in [0.29, 0.717) is 18.0 Å². The number of methoxy groups -OCH3 is 1. The molecule has 0 aliphatic carbocycles. The zero-order valence-electron chi connectivity index (χ0n) is 13.9. The zero-order valence-corrected chi connectivity index (χ0v) is 14.8. The Kier molecular flexibility index (Phi) is 5.64. The highest BCUT2D eigenvalue weighted by molar-refractivity contribution is 7.70. The number of benzene rings is 1. The summed E-state index contributed by atoms with van der Waals surface area (Å²) in [6.07, 6.45) is 4.20. The van der Waals surface area contributed by atoms with E-state index in [1.165, 1.54) is 19.5 Å². The lowest BCUT2D eigenvalue weighted by Crippen LogP contribution is -2.35. The molecule has 0 atom stereocenters. The molecule has 0 saturated carbocycles. The van der Waals surface area contributed by atoms with Crippen LogP contribution in [-0.2, 0) is 10.9 Å². The quantitative estimate of drug-likeness (QED) is 0.752. The number of rotatable bonds is 6. The van der Waals surface area contributed by atoms with Crippen molar-refractivity contribution in [1.82, 2.24) is 14.7 Å². The molecule has 0 radical (unpaired) electrons. The van der Waals surface area contributed by atoms with Crippen LogP contribution in [0.5, 0.6) is 5.75 Å². The number of hydrogen-bond acceptors (Lipinski definition) is 6. The van der Waals surface area contributed by atoms with E-state index >= 15 is 0 Å². The number of aromatic nitrogens is 2. The molecule has 1 aromatic heterocycles. The lowest BCUT2D eigenvalue weighted by atomic mass is 9.93. The van der Waals surface area contributed by atoms with Crippen LogP contribution in [0.4, 0.5) is 10.2 Å². The molecule has 0 bridgehead atoms. The fourth-order valence-electron chi connectivity index (χ4n) is 3.25. The lowest BCUT2D eigenvalue weighted by Gasteiger charge is -2.33. The molecule has 1 aliphatic heterocycles. The molecule has 1 N–H and O–H groups in total. The molecule has 2 heterocycles. The molecule has 136 valence electrons. The highest BCUT2D eigenvalue weighted by atomic mass is 32.2. The molecule has 3 rings (SSSR count). The number of anilines is 1. The number of nitrogens with zero attached hydrogens (tertiary/aromatic N) is 3. The maximum Gasteiger partial charge on any atom is 0.201 e. The van der Waals surface area contributed by atoms with Crippen LogP contribution in [0.3, 0.4) is 0 Å². The monoisotopic (exact) mass is 368 g/mol. The summed E-state index contributed by atoms with van der Waals surface area (Å²) in [6, 6.07) is 3.00. The normalized spacial score (nSPS) is 15.9. The van der Waals surface area contributed by atoms with Gasteiger partial charge in [-0.25, -0.2) is 27.5 Å². The molecule has 0 unspecified atom stereocenters. The number of nitrogens with one attached hydrogen (secondary N) is 1. The Balaban J connectivity index is 1.73. The zero-order chi connectivity index (χ0) is 17.8. The van der Waals surface area contributed by atoms with Crippen molar-refractivity contribution in [2.24, 2.45) is 5.92 Å². The van der Waals surface area contributed by atoms with Gasteiger partial charge >= 0.3 is 0 Å². The van der Waals surface area contributed by atoms with Crippen LogP contribution in [-0.4, -0.2) is 45.1 Å².